The monoisotopic (exact) mass is 346 g/mol. The van der Waals surface area contributed by atoms with Crippen LogP contribution in [-0.4, -0.2) is 27.4 Å². The summed E-state index contributed by atoms with van der Waals surface area (Å²) in [6.45, 7) is 0.303. The predicted octanol–water partition coefficient (Wildman–Crippen LogP) is 2.94. The molecule has 7 heteroatoms. The summed E-state index contributed by atoms with van der Waals surface area (Å²) in [5.41, 5.74) is 0.248. The average molecular weight is 346 g/mol. The van der Waals surface area contributed by atoms with E-state index < -0.39 is 10.8 Å². The van der Waals surface area contributed by atoms with Crippen LogP contribution in [0.15, 0.2) is 63.6 Å². The zero-order valence-corrected chi connectivity index (χ0v) is 13.7. The Bertz CT molecular complexity index is 798. The number of thiophene rings is 1. The van der Waals surface area contributed by atoms with E-state index in [4.69, 9.17) is 4.42 Å². The van der Waals surface area contributed by atoms with Gasteiger partial charge in [-0.1, -0.05) is 24.3 Å². The molecule has 3 aromatic rings. The SMILES string of the molecule is O=C(NCC[S@@](=O)c1ccccc1)c1ncoc1-c1cccs1. The van der Waals surface area contributed by atoms with Gasteiger partial charge in [0.15, 0.2) is 17.8 Å². The highest BCUT2D eigenvalue weighted by Crippen LogP contribution is 2.27. The van der Waals surface area contributed by atoms with Crippen molar-refractivity contribution < 1.29 is 13.4 Å². The van der Waals surface area contributed by atoms with Crippen molar-refractivity contribution in [2.45, 2.75) is 4.90 Å². The highest BCUT2D eigenvalue weighted by molar-refractivity contribution is 7.85. The lowest BCUT2D eigenvalue weighted by molar-refractivity contribution is 0.0952. The number of oxazole rings is 1. The van der Waals surface area contributed by atoms with Crippen LogP contribution in [0, 0.1) is 0 Å². The van der Waals surface area contributed by atoms with Gasteiger partial charge in [-0.3, -0.25) is 9.00 Å². The van der Waals surface area contributed by atoms with Crippen LogP contribution in [0.2, 0.25) is 0 Å². The molecule has 2 heterocycles. The zero-order chi connectivity index (χ0) is 16.1. The molecule has 5 nitrogen and oxygen atoms in total. The summed E-state index contributed by atoms with van der Waals surface area (Å²) in [7, 11) is -1.14. The van der Waals surface area contributed by atoms with Crippen molar-refractivity contribution in [2.24, 2.45) is 0 Å². The van der Waals surface area contributed by atoms with Gasteiger partial charge < -0.3 is 9.73 Å². The van der Waals surface area contributed by atoms with Gasteiger partial charge in [-0.15, -0.1) is 11.3 Å². The summed E-state index contributed by atoms with van der Waals surface area (Å²) in [5.74, 6) is 0.482. The quantitative estimate of drug-likeness (QED) is 0.745. The third kappa shape index (κ3) is 3.75. The second-order valence-corrected chi connectivity index (χ2v) is 7.14. The number of amides is 1. The van der Waals surface area contributed by atoms with E-state index in [1.165, 1.54) is 17.7 Å². The van der Waals surface area contributed by atoms with E-state index in [2.05, 4.69) is 10.3 Å². The molecule has 0 bridgehead atoms. The van der Waals surface area contributed by atoms with Gasteiger partial charge in [0.1, 0.15) is 0 Å². The summed E-state index contributed by atoms with van der Waals surface area (Å²) in [6, 6.07) is 12.9. The van der Waals surface area contributed by atoms with Gasteiger partial charge in [0.2, 0.25) is 0 Å². The van der Waals surface area contributed by atoms with Gasteiger partial charge in [0, 0.05) is 17.2 Å². The van der Waals surface area contributed by atoms with Crippen LogP contribution in [-0.2, 0) is 10.8 Å². The Labute approximate surface area is 139 Å². The molecule has 0 unspecified atom stereocenters. The van der Waals surface area contributed by atoms with E-state index in [1.807, 2.05) is 47.8 Å². The van der Waals surface area contributed by atoms with Gasteiger partial charge >= 0.3 is 0 Å². The van der Waals surface area contributed by atoms with E-state index in [0.29, 0.717) is 18.1 Å². The van der Waals surface area contributed by atoms with Crippen molar-refractivity contribution in [2.75, 3.05) is 12.3 Å². The minimum atomic E-state index is -1.14. The predicted molar refractivity (Wildman–Crippen MR) is 89.9 cm³/mol. The first-order chi connectivity index (χ1) is 11.3. The van der Waals surface area contributed by atoms with Crippen LogP contribution in [0.4, 0.5) is 0 Å². The molecule has 0 saturated carbocycles. The molecule has 0 radical (unpaired) electrons. The number of carbonyl (C=O) groups excluding carboxylic acids is 1. The fraction of sp³-hybridized carbons (Fsp3) is 0.125. The molecular weight excluding hydrogens is 332 g/mol. The van der Waals surface area contributed by atoms with Gasteiger partial charge in [-0.05, 0) is 23.6 Å². The van der Waals surface area contributed by atoms with Crippen LogP contribution in [0.5, 0.6) is 0 Å². The van der Waals surface area contributed by atoms with Crippen LogP contribution in [0.25, 0.3) is 10.6 Å². The van der Waals surface area contributed by atoms with E-state index in [1.54, 1.807) is 0 Å². The molecule has 0 spiro atoms. The molecule has 2 aromatic heterocycles. The largest absolute Gasteiger partial charge is 0.442 e. The van der Waals surface area contributed by atoms with Crippen LogP contribution >= 0.6 is 11.3 Å². The normalized spacial score (nSPS) is 12.0. The molecular formula is C16H14N2O3S2. The molecule has 0 aliphatic heterocycles. The molecule has 1 atom stereocenters. The van der Waals surface area contributed by atoms with Gasteiger partial charge in [-0.25, -0.2) is 4.98 Å². The highest BCUT2D eigenvalue weighted by Gasteiger charge is 2.18. The minimum absolute atomic E-state index is 0.248. The van der Waals surface area contributed by atoms with Gasteiger partial charge in [0.05, 0.1) is 15.7 Å². The summed E-state index contributed by atoms with van der Waals surface area (Å²) < 4.78 is 17.4. The van der Waals surface area contributed by atoms with Crippen molar-refractivity contribution in [1.82, 2.24) is 10.3 Å². The fourth-order valence-electron chi connectivity index (χ4n) is 2.02. The lowest BCUT2D eigenvalue weighted by Crippen LogP contribution is -2.28. The zero-order valence-electron chi connectivity index (χ0n) is 12.1. The van der Waals surface area contributed by atoms with Crippen molar-refractivity contribution in [1.29, 1.82) is 0 Å². The second-order valence-electron chi connectivity index (χ2n) is 4.63. The number of hydrogen-bond acceptors (Lipinski definition) is 5. The van der Waals surface area contributed by atoms with Crippen LogP contribution < -0.4 is 5.32 Å². The fourth-order valence-corrected chi connectivity index (χ4v) is 3.72. The number of hydrogen-bond donors (Lipinski definition) is 1. The Kier molecular flexibility index (Phi) is 4.99. The topological polar surface area (TPSA) is 72.2 Å². The van der Waals surface area contributed by atoms with Crippen molar-refractivity contribution in [3.8, 4) is 10.6 Å². The molecule has 1 aromatic carbocycles. The molecule has 118 valence electrons. The maximum atomic E-state index is 12.2. The molecule has 1 N–H and O–H groups in total. The third-order valence-electron chi connectivity index (χ3n) is 3.11. The lowest BCUT2D eigenvalue weighted by Gasteiger charge is -2.04. The summed E-state index contributed by atoms with van der Waals surface area (Å²) in [6.07, 6.45) is 1.26. The maximum Gasteiger partial charge on any atom is 0.273 e. The number of nitrogens with zero attached hydrogens (tertiary/aromatic N) is 1. The highest BCUT2D eigenvalue weighted by atomic mass is 32.2. The molecule has 3 rings (SSSR count). The number of benzene rings is 1. The van der Waals surface area contributed by atoms with Crippen molar-refractivity contribution >= 4 is 28.0 Å². The summed E-state index contributed by atoms with van der Waals surface area (Å²) >= 11 is 1.48. The first-order valence-corrected chi connectivity index (χ1v) is 9.14. The molecule has 0 fully saturated rings. The van der Waals surface area contributed by atoms with E-state index in [0.717, 1.165) is 9.77 Å². The van der Waals surface area contributed by atoms with Gasteiger partial charge in [-0.2, -0.15) is 0 Å². The number of carbonyl (C=O) groups is 1. The summed E-state index contributed by atoms with van der Waals surface area (Å²) in [4.78, 5) is 17.8. The molecule has 23 heavy (non-hydrogen) atoms. The Morgan fingerprint density at radius 3 is 2.78 bits per heavy atom. The van der Waals surface area contributed by atoms with Crippen molar-refractivity contribution in [3.63, 3.8) is 0 Å². The third-order valence-corrected chi connectivity index (χ3v) is 5.35. The van der Waals surface area contributed by atoms with Gasteiger partial charge in [0.25, 0.3) is 5.91 Å². The standard InChI is InChI=1S/C16H14N2O3S2/c19-16(14-15(21-11-18-14)13-7-4-9-22-13)17-8-10-23(20)12-5-2-1-3-6-12/h1-7,9,11H,8,10H2,(H,17,19)/t23-/m1/s1. The summed E-state index contributed by atoms with van der Waals surface area (Å²) in [5, 5.41) is 4.64. The second kappa shape index (κ2) is 7.34. The Hall–Kier alpha value is -2.25. The number of rotatable bonds is 6. The smallest absolute Gasteiger partial charge is 0.273 e. The van der Waals surface area contributed by atoms with Crippen LogP contribution in [0.3, 0.4) is 0 Å². The Morgan fingerprint density at radius 1 is 1.22 bits per heavy atom. The first kappa shape index (κ1) is 15.6. The van der Waals surface area contributed by atoms with Crippen LogP contribution in [0.1, 0.15) is 10.5 Å². The average Bonchev–Trinajstić information content (AvgIpc) is 3.26. The molecule has 0 aliphatic rings. The lowest BCUT2D eigenvalue weighted by atomic mass is 10.3. The minimum Gasteiger partial charge on any atom is -0.442 e. The molecule has 0 saturated heterocycles. The number of aromatic nitrogens is 1. The Morgan fingerprint density at radius 2 is 2.04 bits per heavy atom. The van der Waals surface area contributed by atoms with E-state index >= 15 is 0 Å². The maximum absolute atomic E-state index is 12.2. The Balaban J connectivity index is 1.59. The van der Waals surface area contributed by atoms with E-state index in [9.17, 15) is 9.00 Å². The van der Waals surface area contributed by atoms with Crippen molar-refractivity contribution in [3.05, 3.63) is 59.9 Å². The first-order valence-electron chi connectivity index (χ1n) is 6.94. The van der Waals surface area contributed by atoms with E-state index in [-0.39, 0.29) is 11.6 Å². The number of nitrogens with one attached hydrogen (secondary N) is 1. The molecule has 0 aliphatic carbocycles. The molecule has 1 amide bonds.